The maximum Gasteiger partial charge on any atom is 0.407 e. The zero-order valence-electron chi connectivity index (χ0n) is 16.3. The summed E-state index contributed by atoms with van der Waals surface area (Å²) in [5.41, 5.74) is 0.725. The minimum atomic E-state index is -0.993. The van der Waals surface area contributed by atoms with E-state index >= 15 is 0 Å². The van der Waals surface area contributed by atoms with Gasteiger partial charge in [-0.2, -0.15) is 0 Å². The molecule has 1 aliphatic carbocycles. The number of fused-ring (bicyclic) bond motifs is 1. The molecule has 3 aromatic rings. The number of halogens is 3. The molecule has 1 aromatic heterocycles. The number of carbonyl (C=O) groups excluding carboxylic acids is 1. The largest absolute Gasteiger partial charge is 0.481 e. The highest BCUT2D eigenvalue weighted by Gasteiger charge is 2.51. The Kier molecular flexibility index (Phi) is 5.34. The summed E-state index contributed by atoms with van der Waals surface area (Å²) >= 11 is 0. The molecule has 1 fully saturated rings. The van der Waals surface area contributed by atoms with E-state index in [-0.39, 0.29) is 25.1 Å². The average molecular weight is 432 g/mol. The van der Waals surface area contributed by atoms with Gasteiger partial charge in [-0.3, -0.25) is 4.79 Å². The Balaban J connectivity index is 1.52. The number of hydrogen-bond acceptors (Lipinski definition) is 3. The fourth-order valence-electron chi connectivity index (χ4n) is 3.51. The molecule has 9 heteroatoms. The third-order valence-electron chi connectivity index (χ3n) is 5.50. The van der Waals surface area contributed by atoms with Crippen molar-refractivity contribution in [1.82, 2.24) is 10.3 Å². The molecule has 31 heavy (non-hydrogen) atoms. The molecular weight excluding hydrogens is 413 g/mol. The number of rotatable bonds is 7. The SMILES string of the molecule is O=C(NCCc1c(-c2ccc(F)cc2)[nH]c2c(F)cc(F)cc12)OCC1(C(=O)O)CC1. The van der Waals surface area contributed by atoms with Crippen LogP contribution in [0.3, 0.4) is 0 Å². The number of aliphatic carboxylic acids is 1. The zero-order valence-corrected chi connectivity index (χ0v) is 16.3. The maximum absolute atomic E-state index is 14.3. The molecule has 0 spiro atoms. The van der Waals surface area contributed by atoms with E-state index in [4.69, 9.17) is 9.84 Å². The number of H-pyrrole nitrogens is 1. The van der Waals surface area contributed by atoms with E-state index in [0.717, 1.165) is 6.07 Å². The molecule has 4 rings (SSSR count). The van der Waals surface area contributed by atoms with Gasteiger partial charge < -0.3 is 20.1 Å². The van der Waals surface area contributed by atoms with E-state index in [2.05, 4.69) is 10.3 Å². The fourth-order valence-corrected chi connectivity index (χ4v) is 3.51. The molecular formula is C22H19F3N2O4. The summed E-state index contributed by atoms with van der Waals surface area (Å²) in [6, 6.07) is 7.50. The predicted molar refractivity (Wildman–Crippen MR) is 106 cm³/mol. The van der Waals surface area contributed by atoms with Gasteiger partial charge in [-0.25, -0.2) is 18.0 Å². The molecule has 6 nitrogen and oxygen atoms in total. The Hall–Kier alpha value is -3.49. The number of benzene rings is 2. The number of carbonyl (C=O) groups is 2. The number of alkyl carbamates (subject to hydrolysis) is 1. The molecule has 1 aliphatic rings. The van der Waals surface area contributed by atoms with Crippen molar-refractivity contribution in [3.05, 3.63) is 59.4 Å². The van der Waals surface area contributed by atoms with Gasteiger partial charge in [0.2, 0.25) is 0 Å². The Labute approximate surface area is 175 Å². The van der Waals surface area contributed by atoms with Crippen LogP contribution in [0.4, 0.5) is 18.0 Å². The molecule has 3 N–H and O–H groups in total. The molecule has 0 radical (unpaired) electrons. The first-order valence-corrected chi connectivity index (χ1v) is 9.69. The summed E-state index contributed by atoms with van der Waals surface area (Å²) in [5.74, 6) is -2.93. The number of carboxylic acids is 1. The van der Waals surface area contributed by atoms with Gasteiger partial charge in [0.25, 0.3) is 0 Å². The monoisotopic (exact) mass is 432 g/mol. The number of ether oxygens (including phenoxy) is 1. The number of carboxylic acid groups (broad SMARTS) is 1. The van der Waals surface area contributed by atoms with Gasteiger partial charge >= 0.3 is 12.1 Å². The number of amides is 1. The van der Waals surface area contributed by atoms with Gasteiger partial charge in [0.1, 0.15) is 29.5 Å². The van der Waals surface area contributed by atoms with E-state index in [0.29, 0.717) is 35.0 Å². The van der Waals surface area contributed by atoms with Crippen LogP contribution >= 0.6 is 0 Å². The molecule has 0 saturated heterocycles. The van der Waals surface area contributed by atoms with Crippen LogP contribution in [0.2, 0.25) is 0 Å². The lowest BCUT2D eigenvalue weighted by molar-refractivity contribution is -0.144. The van der Waals surface area contributed by atoms with Crippen molar-refractivity contribution in [2.75, 3.05) is 13.2 Å². The molecule has 0 bridgehead atoms. The third kappa shape index (κ3) is 4.21. The lowest BCUT2D eigenvalue weighted by Crippen LogP contribution is -2.30. The fraction of sp³-hybridized carbons (Fsp3) is 0.273. The number of aromatic amines is 1. The Bertz CT molecular complexity index is 1150. The highest BCUT2D eigenvalue weighted by Crippen LogP contribution is 2.46. The van der Waals surface area contributed by atoms with Crippen LogP contribution in [0.1, 0.15) is 18.4 Å². The summed E-state index contributed by atoms with van der Waals surface area (Å²) in [4.78, 5) is 26.0. The maximum atomic E-state index is 14.3. The smallest absolute Gasteiger partial charge is 0.407 e. The van der Waals surface area contributed by atoms with E-state index in [1.54, 1.807) is 0 Å². The molecule has 0 atom stereocenters. The number of hydrogen-bond donors (Lipinski definition) is 3. The van der Waals surface area contributed by atoms with Crippen LogP contribution in [0, 0.1) is 22.9 Å². The Morgan fingerprint density at radius 2 is 1.81 bits per heavy atom. The van der Waals surface area contributed by atoms with E-state index < -0.39 is 34.9 Å². The van der Waals surface area contributed by atoms with Gasteiger partial charge in [0.05, 0.1) is 5.52 Å². The predicted octanol–water partition coefficient (Wildman–Crippen LogP) is 4.39. The summed E-state index contributed by atoms with van der Waals surface area (Å²) in [5, 5.41) is 12.0. The first-order valence-electron chi connectivity index (χ1n) is 9.69. The summed E-state index contributed by atoms with van der Waals surface area (Å²) in [6.45, 7) is -0.128. The van der Waals surface area contributed by atoms with Crippen molar-refractivity contribution in [2.24, 2.45) is 5.41 Å². The molecule has 1 saturated carbocycles. The molecule has 2 aromatic carbocycles. The van der Waals surface area contributed by atoms with Crippen LogP contribution in [0.5, 0.6) is 0 Å². The van der Waals surface area contributed by atoms with Crippen LogP contribution in [0.15, 0.2) is 36.4 Å². The first kappa shape index (κ1) is 20.8. The van der Waals surface area contributed by atoms with E-state index in [9.17, 15) is 22.8 Å². The van der Waals surface area contributed by atoms with Crippen molar-refractivity contribution in [2.45, 2.75) is 19.3 Å². The summed E-state index contributed by atoms with van der Waals surface area (Å²) in [7, 11) is 0. The second-order valence-electron chi connectivity index (χ2n) is 7.63. The number of aromatic nitrogens is 1. The summed E-state index contributed by atoms with van der Waals surface area (Å²) < 4.78 is 46.4. The van der Waals surface area contributed by atoms with Crippen LogP contribution in [-0.4, -0.2) is 35.3 Å². The molecule has 1 heterocycles. The number of nitrogens with one attached hydrogen (secondary N) is 2. The highest BCUT2D eigenvalue weighted by molar-refractivity contribution is 5.91. The van der Waals surface area contributed by atoms with Gasteiger partial charge in [-0.15, -0.1) is 0 Å². The second kappa shape index (κ2) is 7.98. The zero-order chi connectivity index (χ0) is 22.2. The van der Waals surface area contributed by atoms with Crippen LogP contribution < -0.4 is 5.32 Å². The highest BCUT2D eigenvalue weighted by atomic mass is 19.1. The minimum Gasteiger partial charge on any atom is -0.481 e. The van der Waals surface area contributed by atoms with Gasteiger partial charge in [0.15, 0.2) is 0 Å². The second-order valence-corrected chi connectivity index (χ2v) is 7.63. The van der Waals surface area contributed by atoms with Gasteiger partial charge in [0, 0.05) is 23.7 Å². The standard InChI is InChI=1S/C22H19F3N2O4/c23-13-3-1-12(2-4-13)18-15(16-9-14(24)10-17(25)19(16)27-18)5-8-26-21(30)31-11-22(6-7-22)20(28)29/h1-4,9-10,27H,5-8,11H2,(H,26,30)(H,28,29). The van der Waals surface area contributed by atoms with Crippen LogP contribution in [-0.2, 0) is 16.0 Å². The molecule has 0 aliphatic heterocycles. The molecule has 1 amide bonds. The van der Waals surface area contributed by atoms with Crippen molar-refractivity contribution in [3.63, 3.8) is 0 Å². The van der Waals surface area contributed by atoms with Crippen molar-refractivity contribution in [1.29, 1.82) is 0 Å². The molecule has 162 valence electrons. The van der Waals surface area contributed by atoms with Gasteiger partial charge in [-0.05, 0) is 60.7 Å². The topological polar surface area (TPSA) is 91.4 Å². The normalized spacial score (nSPS) is 14.4. The van der Waals surface area contributed by atoms with Crippen molar-refractivity contribution >= 4 is 23.0 Å². The minimum absolute atomic E-state index is 0.0815. The first-order chi connectivity index (χ1) is 14.8. The lowest BCUT2D eigenvalue weighted by atomic mass is 10.0. The Morgan fingerprint density at radius 3 is 2.45 bits per heavy atom. The van der Waals surface area contributed by atoms with E-state index in [1.807, 2.05) is 0 Å². The molecule has 0 unspecified atom stereocenters. The Morgan fingerprint density at radius 1 is 1.10 bits per heavy atom. The summed E-state index contributed by atoms with van der Waals surface area (Å²) in [6.07, 6.45) is 0.356. The van der Waals surface area contributed by atoms with Crippen molar-refractivity contribution < 1.29 is 32.6 Å². The lowest BCUT2D eigenvalue weighted by Gasteiger charge is -2.12. The van der Waals surface area contributed by atoms with Crippen LogP contribution in [0.25, 0.3) is 22.2 Å². The van der Waals surface area contributed by atoms with E-state index in [1.165, 1.54) is 30.3 Å². The third-order valence-corrected chi connectivity index (χ3v) is 5.50. The average Bonchev–Trinajstić information content (AvgIpc) is 3.44. The van der Waals surface area contributed by atoms with Crippen molar-refractivity contribution in [3.8, 4) is 11.3 Å². The van der Waals surface area contributed by atoms with Gasteiger partial charge in [-0.1, -0.05) is 0 Å². The quantitative estimate of drug-likeness (QED) is 0.517.